The second kappa shape index (κ2) is 6.41. The molecule has 0 bridgehead atoms. The molecule has 0 heterocycles. The largest absolute Gasteiger partial charge is 0.491 e. The SMILES string of the molecule is CCCCNc1ccc(OC(C)C)cc1C. The van der Waals surface area contributed by atoms with E-state index in [2.05, 4.69) is 31.3 Å². The Kier molecular flexibility index (Phi) is 5.17. The van der Waals surface area contributed by atoms with Crippen LogP contribution in [0, 0.1) is 6.92 Å². The van der Waals surface area contributed by atoms with Crippen molar-refractivity contribution in [1.82, 2.24) is 0 Å². The Morgan fingerprint density at radius 2 is 2.06 bits per heavy atom. The van der Waals surface area contributed by atoms with Gasteiger partial charge in [0.25, 0.3) is 0 Å². The maximum absolute atomic E-state index is 5.65. The fraction of sp³-hybridized carbons (Fsp3) is 0.571. The second-order valence-electron chi connectivity index (χ2n) is 4.42. The Balaban J connectivity index is 2.60. The van der Waals surface area contributed by atoms with Crippen LogP contribution in [0.4, 0.5) is 5.69 Å². The summed E-state index contributed by atoms with van der Waals surface area (Å²) in [7, 11) is 0. The van der Waals surface area contributed by atoms with Gasteiger partial charge in [-0.3, -0.25) is 0 Å². The summed E-state index contributed by atoms with van der Waals surface area (Å²) in [6.45, 7) is 9.45. The zero-order valence-electron chi connectivity index (χ0n) is 10.8. The normalized spacial score (nSPS) is 10.6. The average Bonchev–Trinajstić information content (AvgIpc) is 2.20. The molecule has 0 aliphatic carbocycles. The number of ether oxygens (including phenoxy) is 1. The van der Waals surface area contributed by atoms with Crippen LogP contribution in [0.25, 0.3) is 0 Å². The van der Waals surface area contributed by atoms with Gasteiger partial charge in [0.2, 0.25) is 0 Å². The van der Waals surface area contributed by atoms with E-state index in [-0.39, 0.29) is 6.10 Å². The van der Waals surface area contributed by atoms with Crippen molar-refractivity contribution < 1.29 is 4.74 Å². The number of nitrogens with one attached hydrogen (secondary N) is 1. The molecule has 0 atom stereocenters. The highest BCUT2D eigenvalue weighted by molar-refractivity contribution is 5.53. The van der Waals surface area contributed by atoms with Crippen molar-refractivity contribution in [2.24, 2.45) is 0 Å². The lowest BCUT2D eigenvalue weighted by Gasteiger charge is -2.13. The summed E-state index contributed by atoms with van der Waals surface area (Å²) in [5, 5.41) is 3.44. The van der Waals surface area contributed by atoms with E-state index in [1.54, 1.807) is 0 Å². The van der Waals surface area contributed by atoms with Gasteiger partial charge in [-0.25, -0.2) is 0 Å². The van der Waals surface area contributed by atoms with E-state index in [0.717, 1.165) is 12.3 Å². The third-order valence-electron chi connectivity index (χ3n) is 2.42. The van der Waals surface area contributed by atoms with Gasteiger partial charge >= 0.3 is 0 Å². The highest BCUT2D eigenvalue weighted by atomic mass is 16.5. The van der Waals surface area contributed by atoms with Crippen molar-refractivity contribution in [2.75, 3.05) is 11.9 Å². The predicted molar refractivity (Wildman–Crippen MR) is 70.3 cm³/mol. The van der Waals surface area contributed by atoms with Gasteiger partial charge in [0.15, 0.2) is 0 Å². The minimum atomic E-state index is 0.235. The Morgan fingerprint density at radius 3 is 2.62 bits per heavy atom. The van der Waals surface area contributed by atoms with Gasteiger partial charge in [-0.05, 0) is 51.0 Å². The molecular weight excluding hydrogens is 198 g/mol. The molecule has 1 aromatic carbocycles. The van der Waals surface area contributed by atoms with E-state index >= 15 is 0 Å². The van der Waals surface area contributed by atoms with Crippen LogP contribution in [0.5, 0.6) is 5.75 Å². The van der Waals surface area contributed by atoms with Crippen LogP contribution >= 0.6 is 0 Å². The van der Waals surface area contributed by atoms with Crippen LogP contribution in [-0.2, 0) is 0 Å². The number of anilines is 1. The molecule has 0 aromatic heterocycles. The molecule has 0 spiro atoms. The standard InChI is InChI=1S/C14H23NO/c1-5-6-9-15-14-8-7-13(10-12(14)4)16-11(2)3/h7-8,10-11,15H,5-6,9H2,1-4H3. The quantitative estimate of drug-likeness (QED) is 0.733. The molecule has 0 aliphatic rings. The lowest BCUT2D eigenvalue weighted by molar-refractivity contribution is 0.242. The van der Waals surface area contributed by atoms with E-state index in [9.17, 15) is 0 Å². The Bertz CT molecular complexity index is 321. The third kappa shape index (κ3) is 4.13. The Hall–Kier alpha value is -1.18. The molecule has 0 saturated heterocycles. The highest BCUT2D eigenvalue weighted by Gasteiger charge is 2.01. The first-order valence-electron chi connectivity index (χ1n) is 6.14. The first-order valence-corrected chi connectivity index (χ1v) is 6.14. The van der Waals surface area contributed by atoms with Crippen LogP contribution in [0.3, 0.4) is 0 Å². The van der Waals surface area contributed by atoms with Gasteiger partial charge in [0.05, 0.1) is 6.10 Å². The van der Waals surface area contributed by atoms with Gasteiger partial charge in [-0.15, -0.1) is 0 Å². The molecule has 0 radical (unpaired) electrons. The number of unbranched alkanes of at least 4 members (excludes halogenated alkanes) is 1. The van der Waals surface area contributed by atoms with E-state index in [1.165, 1.54) is 24.1 Å². The summed E-state index contributed by atoms with van der Waals surface area (Å²) in [5.74, 6) is 0.952. The molecule has 2 heteroatoms. The summed E-state index contributed by atoms with van der Waals surface area (Å²) in [5.41, 5.74) is 2.46. The minimum absolute atomic E-state index is 0.235. The zero-order chi connectivity index (χ0) is 12.0. The Morgan fingerprint density at radius 1 is 1.31 bits per heavy atom. The average molecular weight is 221 g/mol. The van der Waals surface area contributed by atoms with Crippen LogP contribution in [0.1, 0.15) is 39.2 Å². The summed E-state index contributed by atoms with van der Waals surface area (Å²) in [6, 6.07) is 6.22. The molecule has 1 aromatic rings. The molecule has 0 aliphatic heterocycles. The van der Waals surface area contributed by atoms with Crippen molar-refractivity contribution >= 4 is 5.69 Å². The molecule has 0 saturated carbocycles. The fourth-order valence-electron chi connectivity index (χ4n) is 1.58. The minimum Gasteiger partial charge on any atom is -0.491 e. The molecular formula is C14H23NO. The number of rotatable bonds is 6. The van der Waals surface area contributed by atoms with Crippen molar-refractivity contribution in [1.29, 1.82) is 0 Å². The maximum atomic E-state index is 5.65. The lowest BCUT2D eigenvalue weighted by atomic mass is 10.2. The van der Waals surface area contributed by atoms with Crippen molar-refractivity contribution in [3.63, 3.8) is 0 Å². The molecule has 1 N–H and O–H groups in total. The van der Waals surface area contributed by atoms with Gasteiger partial charge in [0.1, 0.15) is 5.75 Å². The van der Waals surface area contributed by atoms with E-state index in [1.807, 2.05) is 19.9 Å². The van der Waals surface area contributed by atoms with Crippen LogP contribution in [0.2, 0.25) is 0 Å². The molecule has 0 fully saturated rings. The summed E-state index contributed by atoms with van der Waals surface area (Å²) < 4.78 is 5.65. The van der Waals surface area contributed by atoms with Crippen molar-refractivity contribution in [3.05, 3.63) is 23.8 Å². The first-order chi connectivity index (χ1) is 7.63. The van der Waals surface area contributed by atoms with Gasteiger partial charge in [0, 0.05) is 12.2 Å². The monoisotopic (exact) mass is 221 g/mol. The number of hydrogen-bond acceptors (Lipinski definition) is 2. The molecule has 90 valence electrons. The number of hydrogen-bond donors (Lipinski definition) is 1. The van der Waals surface area contributed by atoms with Crippen LogP contribution < -0.4 is 10.1 Å². The van der Waals surface area contributed by atoms with E-state index in [4.69, 9.17) is 4.74 Å². The fourth-order valence-corrected chi connectivity index (χ4v) is 1.58. The van der Waals surface area contributed by atoms with Gasteiger partial charge in [-0.1, -0.05) is 13.3 Å². The third-order valence-corrected chi connectivity index (χ3v) is 2.42. The zero-order valence-corrected chi connectivity index (χ0v) is 10.8. The molecule has 1 rings (SSSR count). The topological polar surface area (TPSA) is 21.3 Å². The van der Waals surface area contributed by atoms with Crippen molar-refractivity contribution in [3.8, 4) is 5.75 Å². The summed E-state index contributed by atoms with van der Waals surface area (Å²) >= 11 is 0. The van der Waals surface area contributed by atoms with Crippen LogP contribution in [0.15, 0.2) is 18.2 Å². The van der Waals surface area contributed by atoms with Gasteiger partial charge in [-0.2, -0.15) is 0 Å². The molecule has 0 unspecified atom stereocenters. The molecule has 0 amide bonds. The number of benzene rings is 1. The lowest BCUT2D eigenvalue weighted by Crippen LogP contribution is -2.06. The summed E-state index contributed by atoms with van der Waals surface area (Å²) in [4.78, 5) is 0. The van der Waals surface area contributed by atoms with Crippen LogP contribution in [-0.4, -0.2) is 12.6 Å². The number of aryl methyl sites for hydroxylation is 1. The predicted octanol–water partition coefficient (Wildman–Crippen LogP) is 3.99. The van der Waals surface area contributed by atoms with E-state index < -0.39 is 0 Å². The van der Waals surface area contributed by atoms with Crippen molar-refractivity contribution in [2.45, 2.75) is 46.6 Å². The van der Waals surface area contributed by atoms with Gasteiger partial charge < -0.3 is 10.1 Å². The molecule has 2 nitrogen and oxygen atoms in total. The Labute approximate surface area is 99.0 Å². The molecule has 16 heavy (non-hydrogen) atoms. The van der Waals surface area contributed by atoms with E-state index in [0.29, 0.717) is 0 Å². The summed E-state index contributed by atoms with van der Waals surface area (Å²) in [6.07, 6.45) is 2.67. The maximum Gasteiger partial charge on any atom is 0.120 e. The first kappa shape index (κ1) is 12.9. The highest BCUT2D eigenvalue weighted by Crippen LogP contribution is 2.22. The second-order valence-corrected chi connectivity index (χ2v) is 4.42. The smallest absolute Gasteiger partial charge is 0.120 e.